The molecular formula is C19H20N2O4S. The first-order valence-electron chi connectivity index (χ1n) is 8.12. The lowest BCUT2D eigenvalue weighted by Gasteiger charge is -2.09. The highest BCUT2D eigenvalue weighted by Gasteiger charge is 2.13. The molecule has 7 heteroatoms. The zero-order valence-corrected chi connectivity index (χ0v) is 15.7. The second kappa shape index (κ2) is 8.05. The second-order valence-corrected chi connectivity index (χ2v) is 6.67. The van der Waals surface area contributed by atoms with E-state index in [-0.39, 0.29) is 11.7 Å². The number of carbonyl (C=O) groups excluding carboxylic acids is 1. The van der Waals surface area contributed by atoms with Crippen molar-refractivity contribution in [3.63, 3.8) is 0 Å². The summed E-state index contributed by atoms with van der Waals surface area (Å²) in [5.74, 6) is 1.98. The molecule has 0 radical (unpaired) electrons. The summed E-state index contributed by atoms with van der Waals surface area (Å²) < 4.78 is 16.1. The van der Waals surface area contributed by atoms with E-state index in [1.807, 2.05) is 30.5 Å². The Kier molecular flexibility index (Phi) is 5.58. The number of hydrogen-bond donors (Lipinski definition) is 1. The van der Waals surface area contributed by atoms with Crippen molar-refractivity contribution in [3.05, 3.63) is 52.0 Å². The molecule has 0 aliphatic rings. The van der Waals surface area contributed by atoms with Gasteiger partial charge in [0, 0.05) is 11.9 Å². The molecule has 2 heterocycles. The van der Waals surface area contributed by atoms with E-state index in [1.165, 1.54) is 0 Å². The van der Waals surface area contributed by atoms with Crippen LogP contribution in [0, 0.1) is 6.92 Å². The lowest BCUT2D eigenvalue weighted by atomic mass is 10.1. The molecule has 0 aliphatic carbocycles. The minimum Gasteiger partial charge on any atom is -0.493 e. The van der Waals surface area contributed by atoms with E-state index in [9.17, 15) is 4.79 Å². The maximum absolute atomic E-state index is 12.2. The predicted molar refractivity (Wildman–Crippen MR) is 100 cm³/mol. The van der Waals surface area contributed by atoms with Crippen LogP contribution in [-0.2, 0) is 6.42 Å². The number of nitrogens with one attached hydrogen (secondary N) is 1. The number of amides is 1. The second-order valence-electron chi connectivity index (χ2n) is 5.61. The summed E-state index contributed by atoms with van der Waals surface area (Å²) >= 11 is 1.54. The molecule has 3 aromatic rings. The van der Waals surface area contributed by atoms with Crippen LogP contribution in [0.15, 0.2) is 40.1 Å². The van der Waals surface area contributed by atoms with Crippen LogP contribution < -0.4 is 14.8 Å². The zero-order chi connectivity index (χ0) is 18.5. The maximum Gasteiger partial charge on any atom is 0.287 e. The van der Waals surface area contributed by atoms with Crippen molar-refractivity contribution in [1.82, 2.24) is 10.3 Å². The summed E-state index contributed by atoms with van der Waals surface area (Å²) in [5, 5.41) is 5.73. The van der Waals surface area contributed by atoms with Crippen molar-refractivity contribution in [2.45, 2.75) is 13.3 Å². The molecule has 0 fully saturated rings. The molecule has 1 amide bonds. The van der Waals surface area contributed by atoms with Crippen LogP contribution in [0.3, 0.4) is 0 Å². The third-order valence-corrected chi connectivity index (χ3v) is 4.62. The van der Waals surface area contributed by atoms with Crippen molar-refractivity contribution in [2.24, 2.45) is 0 Å². The summed E-state index contributed by atoms with van der Waals surface area (Å²) in [5.41, 5.74) is 1.79. The Bertz CT molecular complexity index is 901. The topological polar surface area (TPSA) is 73.6 Å². The number of thiazole rings is 1. The van der Waals surface area contributed by atoms with Gasteiger partial charge in [0.05, 0.1) is 19.2 Å². The van der Waals surface area contributed by atoms with Gasteiger partial charge in [-0.15, -0.1) is 11.3 Å². The molecule has 0 bridgehead atoms. The van der Waals surface area contributed by atoms with Crippen LogP contribution in [0.2, 0.25) is 0 Å². The van der Waals surface area contributed by atoms with Crippen LogP contribution in [0.1, 0.15) is 21.1 Å². The smallest absolute Gasteiger partial charge is 0.287 e. The molecule has 0 spiro atoms. The van der Waals surface area contributed by atoms with E-state index in [2.05, 4.69) is 10.3 Å². The Morgan fingerprint density at radius 1 is 1.19 bits per heavy atom. The lowest BCUT2D eigenvalue weighted by molar-refractivity contribution is 0.0927. The van der Waals surface area contributed by atoms with Gasteiger partial charge in [0.25, 0.3) is 5.91 Å². The molecule has 136 valence electrons. The predicted octanol–water partition coefficient (Wildman–Crippen LogP) is 3.70. The van der Waals surface area contributed by atoms with Gasteiger partial charge in [-0.25, -0.2) is 4.98 Å². The van der Waals surface area contributed by atoms with Gasteiger partial charge in [-0.2, -0.15) is 0 Å². The summed E-state index contributed by atoms with van der Waals surface area (Å²) in [6.07, 6.45) is 0.672. The Morgan fingerprint density at radius 3 is 2.69 bits per heavy atom. The number of aromatic nitrogens is 1. The minimum absolute atomic E-state index is 0.247. The quantitative estimate of drug-likeness (QED) is 0.684. The first kappa shape index (κ1) is 18.0. The number of nitrogens with zero attached hydrogens (tertiary/aromatic N) is 1. The van der Waals surface area contributed by atoms with E-state index in [4.69, 9.17) is 13.9 Å². The molecular weight excluding hydrogens is 352 g/mol. The lowest BCUT2D eigenvalue weighted by Crippen LogP contribution is -2.25. The van der Waals surface area contributed by atoms with Crippen molar-refractivity contribution in [1.29, 1.82) is 0 Å². The zero-order valence-electron chi connectivity index (χ0n) is 14.9. The largest absolute Gasteiger partial charge is 0.493 e. The first-order valence-corrected chi connectivity index (χ1v) is 9.00. The number of hydrogen-bond acceptors (Lipinski definition) is 6. The molecule has 0 aliphatic heterocycles. The van der Waals surface area contributed by atoms with Crippen LogP contribution in [-0.4, -0.2) is 31.7 Å². The van der Waals surface area contributed by atoms with Gasteiger partial charge in [0.15, 0.2) is 23.0 Å². The van der Waals surface area contributed by atoms with Crippen LogP contribution >= 0.6 is 11.3 Å². The van der Waals surface area contributed by atoms with Crippen LogP contribution in [0.5, 0.6) is 11.5 Å². The third-order valence-electron chi connectivity index (χ3n) is 3.85. The molecule has 3 rings (SSSR count). The van der Waals surface area contributed by atoms with Gasteiger partial charge >= 0.3 is 0 Å². The maximum atomic E-state index is 12.2. The fraction of sp³-hybridized carbons (Fsp3) is 0.263. The summed E-state index contributed by atoms with van der Waals surface area (Å²) in [6.45, 7) is 2.42. The van der Waals surface area contributed by atoms with Crippen molar-refractivity contribution < 1.29 is 18.7 Å². The number of benzene rings is 1. The van der Waals surface area contributed by atoms with Crippen molar-refractivity contribution in [2.75, 3.05) is 20.8 Å². The van der Waals surface area contributed by atoms with Crippen molar-refractivity contribution in [3.8, 4) is 23.0 Å². The summed E-state index contributed by atoms with van der Waals surface area (Å²) in [7, 11) is 3.20. The van der Waals surface area contributed by atoms with Gasteiger partial charge in [-0.05, 0) is 43.2 Å². The first-order chi connectivity index (χ1) is 12.6. The highest BCUT2D eigenvalue weighted by molar-refractivity contribution is 7.09. The van der Waals surface area contributed by atoms with Gasteiger partial charge in [0.1, 0.15) is 5.69 Å². The molecule has 0 atom stereocenters. The fourth-order valence-corrected chi connectivity index (χ4v) is 3.12. The van der Waals surface area contributed by atoms with Crippen LogP contribution in [0.25, 0.3) is 11.5 Å². The normalized spacial score (nSPS) is 10.6. The third kappa shape index (κ3) is 4.05. The van der Waals surface area contributed by atoms with E-state index in [1.54, 1.807) is 37.7 Å². The number of rotatable bonds is 7. The number of furan rings is 1. The van der Waals surface area contributed by atoms with Crippen molar-refractivity contribution >= 4 is 17.2 Å². The number of methoxy groups -OCH3 is 2. The molecule has 2 aromatic heterocycles. The number of ether oxygens (including phenoxy) is 2. The van der Waals surface area contributed by atoms with Gasteiger partial charge in [-0.3, -0.25) is 4.79 Å². The van der Waals surface area contributed by atoms with E-state index >= 15 is 0 Å². The molecule has 26 heavy (non-hydrogen) atoms. The molecule has 1 aromatic carbocycles. The number of aryl methyl sites for hydroxylation is 1. The van der Waals surface area contributed by atoms with E-state index < -0.39 is 0 Å². The standard InChI is InChI=1S/C19H20N2O4S/c1-12-21-14(11-26-12)15-6-7-17(25-15)19(22)20-9-8-13-4-5-16(23-2)18(10-13)24-3/h4-7,10-11H,8-9H2,1-3H3,(H,20,22). The molecule has 0 saturated heterocycles. The Hall–Kier alpha value is -2.80. The van der Waals surface area contributed by atoms with Gasteiger partial charge < -0.3 is 19.2 Å². The molecule has 0 unspecified atom stereocenters. The van der Waals surface area contributed by atoms with Gasteiger partial charge in [0.2, 0.25) is 0 Å². The van der Waals surface area contributed by atoms with E-state index in [0.717, 1.165) is 16.3 Å². The minimum atomic E-state index is -0.247. The average Bonchev–Trinajstić information content (AvgIpc) is 3.30. The SMILES string of the molecule is COc1ccc(CCNC(=O)c2ccc(-c3csc(C)n3)o2)cc1OC. The van der Waals surface area contributed by atoms with Gasteiger partial charge in [-0.1, -0.05) is 6.07 Å². The Morgan fingerprint density at radius 2 is 2.00 bits per heavy atom. The number of carbonyl (C=O) groups is 1. The monoisotopic (exact) mass is 372 g/mol. The molecule has 0 saturated carbocycles. The molecule has 6 nitrogen and oxygen atoms in total. The summed E-state index contributed by atoms with van der Waals surface area (Å²) in [4.78, 5) is 16.6. The average molecular weight is 372 g/mol. The van der Waals surface area contributed by atoms with Crippen LogP contribution in [0.4, 0.5) is 0 Å². The van der Waals surface area contributed by atoms with E-state index in [0.29, 0.717) is 30.2 Å². The Labute approximate surface area is 155 Å². The fourth-order valence-electron chi connectivity index (χ4n) is 2.52. The summed E-state index contributed by atoms with van der Waals surface area (Å²) in [6, 6.07) is 9.13. The Balaban J connectivity index is 1.57. The highest BCUT2D eigenvalue weighted by Crippen LogP contribution is 2.27. The highest BCUT2D eigenvalue weighted by atomic mass is 32.1. The molecule has 1 N–H and O–H groups in total.